The van der Waals surface area contributed by atoms with Crippen molar-refractivity contribution in [1.29, 1.82) is 0 Å². The number of nitrogens with zero attached hydrogens (tertiary/aromatic N) is 1. The zero-order valence-electron chi connectivity index (χ0n) is 13.7. The van der Waals surface area contributed by atoms with Crippen LogP contribution in [0.1, 0.15) is 39.0 Å². The maximum absolute atomic E-state index is 15.2. The number of aliphatic hydroxyl groups excluding tert-OH is 1. The highest BCUT2D eigenvalue weighted by Gasteiger charge is 2.53. The SMILES string of the molecule is CCCOC1CCC2CC(O)C(N3CC(=O)NS3(=O)=O)C(F)C2C1. The number of carbonyl (C=O) groups excluding carboxylic acids is 1. The molecule has 9 heteroatoms. The van der Waals surface area contributed by atoms with Gasteiger partial charge in [-0.05, 0) is 43.9 Å². The van der Waals surface area contributed by atoms with Crippen molar-refractivity contribution in [3.8, 4) is 0 Å². The normalized spacial score (nSPS) is 42.5. The Morgan fingerprint density at radius 1 is 1.38 bits per heavy atom. The Balaban J connectivity index is 1.76. The van der Waals surface area contributed by atoms with Gasteiger partial charge in [-0.1, -0.05) is 6.92 Å². The van der Waals surface area contributed by atoms with E-state index in [-0.39, 0.29) is 17.9 Å². The number of aliphatic hydroxyl groups is 1. The van der Waals surface area contributed by atoms with E-state index in [2.05, 4.69) is 0 Å². The first kappa shape index (κ1) is 18.0. The maximum atomic E-state index is 15.2. The standard InChI is InChI=1S/C15H25FN2O5S/c1-2-5-23-10-4-3-9-6-12(19)15(14(16)11(9)7-10)18-8-13(20)17-24(18,21)22/h9-12,14-15,19H,2-8H2,1H3,(H,17,20). The van der Waals surface area contributed by atoms with Crippen molar-refractivity contribution < 1.29 is 27.4 Å². The van der Waals surface area contributed by atoms with Crippen molar-refractivity contribution in [2.24, 2.45) is 11.8 Å². The zero-order valence-corrected chi connectivity index (χ0v) is 14.5. The van der Waals surface area contributed by atoms with Crippen LogP contribution in [-0.2, 0) is 19.7 Å². The second-order valence-corrected chi connectivity index (χ2v) is 8.67. The predicted octanol–water partition coefficient (Wildman–Crippen LogP) is 0.346. The highest BCUT2D eigenvalue weighted by atomic mass is 32.2. The van der Waals surface area contributed by atoms with Crippen LogP contribution in [0.5, 0.6) is 0 Å². The highest BCUT2D eigenvalue weighted by molar-refractivity contribution is 7.88. The van der Waals surface area contributed by atoms with Crippen molar-refractivity contribution in [2.45, 2.75) is 63.4 Å². The molecule has 1 amide bonds. The van der Waals surface area contributed by atoms with Crippen LogP contribution in [0.25, 0.3) is 0 Å². The van der Waals surface area contributed by atoms with E-state index in [1.807, 2.05) is 11.6 Å². The largest absolute Gasteiger partial charge is 0.391 e. The fraction of sp³-hybridized carbons (Fsp3) is 0.933. The average molecular weight is 364 g/mol. The van der Waals surface area contributed by atoms with Gasteiger partial charge in [-0.15, -0.1) is 0 Å². The fourth-order valence-electron chi connectivity index (χ4n) is 4.34. The van der Waals surface area contributed by atoms with Crippen molar-refractivity contribution in [3.05, 3.63) is 0 Å². The monoisotopic (exact) mass is 364 g/mol. The number of hydrogen-bond acceptors (Lipinski definition) is 5. The average Bonchev–Trinajstić information content (AvgIpc) is 2.78. The minimum atomic E-state index is -4.06. The Morgan fingerprint density at radius 3 is 2.75 bits per heavy atom. The summed E-state index contributed by atoms with van der Waals surface area (Å²) in [5.74, 6) is -1.01. The summed E-state index contributed by atoms with van der Waals surface area (Å²) in [6.07, 6.45) is 0.771. The van der Waals surface area contributed by atoms with Crippen LogP contribution in [0.2, 0.25) is 0 Å². The van der Waals surface area contributed by atoms with E-state index >= 15 is 4.39 Å². The van der Waals surface area contributed by atoms with Crippen molar-refractivity contribution in [3.63, 3.8) is 0 Å². The summed E-state index contributed by atoms with van der Waals surface area (Å²) in [4.78, 5) is 11.4. The van der Waals surface area contributed by atoms with Crippen molar-refractivity contribution in [1.82, 2.24) is 9.03 Å². The first-order chi connectivity index (χ1) is 11.3. The van der Waals surface area contributed by atoms with E-state index in [1.54, 1.807) is 0 Å². The van der Waals surface area contributed by atoms with E-state index in [0.717, 1.165) is 23.6 Å². The van der Waals surface area contributed by atoms with Crippen LogP contribution >= 0.6 is 0 Å². The number of nitrogens with one attached hydrogen (secondary N) is 1. The lowest BCUT2D eigenvalue weighted by Crippen LogP contribution is -2.59. The molecule has 0 aromatic rings. The van der Waals surface area contributed by atoms with Crippen LogP contribution in [-0.4, -0.2) is 61.3 Å². The number of carbonyl (C=O) groups is 1. The third-order valence-corrected chi connectivity index (χ3v) is 6.89. The minimum absolute atomic E-state index is 0.0183. The Bertz CT molecular complexity index is 586. The van der Waals surface area contributed by atoms with Gasteiger partial charge in [0.15, 0.2) is 0 Å². The van der Waals surface area contributed by atoms with Crippen LogP contribution in [0, 0.1) is 11.8 Å². The van der Waals surface area contributed by atoms with Gasteiger partial charge in [0, 0.05) is 6.61 Å². The number of alkyl halides is 1. The molecule has 0 radical (unpaired) electrons. The molecule has 6 unspecified atom stereocenters. The van der Waals surface area contributed by atoms with Gasteiger partial charge in [-0.2, -0.15) is 12.7 Å². The Kier molecular flexibility index (Phi) is 5.15. The molecule has 1 heterocycles. The third kappa shape index (κ3) is 3.31. The molecule has 24 heavy (non-hydrogen) atoms. The third-order valence-electron chi connectivity index (χ3n) is 5.41. The summed E-state index contributed by atoms with van der Waals surface area (Å²) in [7, 11) is -4.06. The van der Waals surface area contributed by atoms with Crippen molar-refractivity contribution >= 4 is 16.1 Å². The summed E-state index contributed by atoms with van der Waals surface area (Å²) in [6.45, 7) is 2.21. The smallest absolute Gasteiger partial charge is 0.304 e. The topological polar surface area (TPSA) is 95.9 Å². The number of halogens is 1. The van der Waals surface area contributed by atoms with Crippen LogP contribution in [0.3, 0.4) is 0 Å². The van der Waals surface area contributed by atoms with Gasteiger partial charge >= 0.3 is 10.2 Å². The molecule has 6 atom stereocenters. The van der Waals surface area contributed by atoms with E-state index in [4.69, 9.17) is 4.74 Å². The first-order valence-electron chi connectivity index (χ1n) is 8.59. The molecule has 3 aliphatic rings. The van der Waals surface area contributed by atoms with E-state index in [1.165, 1.54) is 0 Å². The molecule has 0 aromatic carbocycles. The molecular weight excluding hydrogens is 339 g/mol. The van der Waals surface area contributed by atoms with Crippen LogP contribution < -0.4 is 4.72 Å². The Morgan fingerprint density at radius 2 is 2.12 bits per heavy atom. The summed E-state index contributed by atoms with van der Waals surface area (Å²) in [5.41, 5.74) is 0. The molecule has 0 spiro atoms. The van der Waals surface area contributed by atoms with Gasteiger partial charge in [-0.25, -0.2) is 9.11 Å². The Hall–Kier alpha value is -0.770. The molecule has 1 aliphatic heterocycles. The second-order valence-electron chi connectivity index (χ2n) is 7.04. The lowest BCUT2D eigenvalue weighted by atomic mass is 9.66. The molecular formula is C15H25FN2O5S. The van der Waals surface area contributed by atoms with E-state index in [0.29, 0.717) is 19.4 Å². The van der Waals surface area contributed by atoms with E-state index < -0.39 is 41.0 Å². The molecule has 138 valence electrons. The molecule has 3 rings (SSSR count). The zero-order chi connectivity index (χ0) is 17.5. The second kappa shape index (κ2) is 6.86. The summed E-state index contributed by atoms with van der Waals surface area (Å²) < 4.78 is 47.6. The number of rotatable bonds is 4. The van der Waals surface area contributed by atoms with Gasteiger partial charge in [0.2, 0.25) is 5.91 Å². The summed E-state index contributed by atoms with van der Waals surface area (Å²) in [5, 5.41) is 10.3. The maximum Gasteiger partial charge on any atom is 0.304 e. The molecule has 1 saturated heterocycles. The van der Waals surface area contributed by atoms with Gasteiger partial charge in [0.1, 0.15) is 6.17 Å². The van der Waals surface area contributed by atoms with Crippen LogP contribution in [0.15, 0.2) is 0 Å². The first-order valence-corrected chi connectivity index (χ1v) is 10.0. The quantitative estimate of drug-likeness (QED) is 0.750. The summed E-state index contributed by atoms with van der Waals surface area (Å²) >= 11 is 0. The molecule has 3 fully saturated rings. The van der Waals surface area contributed by atoms with Gasteiger partial charge in [-0.3, -0.25) is 4.79 Å². The lowest BCUT2D eigenvalue weighted by Gasteiger charge is -2.47. The number of hydrogen-bond donors (Lipinski definition) is 2. The molecule has 0 aromatic heterocycles. The predicted molar refractivity (Wildman–Crippen MR) is 83.9 cm³/mol. The lowest BCUT2D eigenvalue weighted by molar-refractivity contribution is -0.120. The molecule has 2 aliphatic carbocycles. The van der Waals surface area contributed by atoms with Gasteiger partial charge in [0.05, 0.1) is 24.8 Å². The summed E-state index contributed by atoms with van der Waals surface area (Å²) in [6, 6.07) is -1.21. The van der Waals surface area contributed by atoms with E-state index in [9.17, 15) is 18.3 Å². The fourth-order valence-corrected chi connectivity index (χ4v) is 5.67. The minimum Gasteiger partial charge on any atom is -0.391 e. The molecule has 2 saturated carbocycles. The number of amides is 1. The number of ether oxygens (including phenoxy) is 1. The number of fused-ring (bicyclic) bond motifs is 1. The Labute approximate surface area is 141 Å². The molecule has 2 N–H and O–H groups in total. The molecule has 7 nitrogen and oxygen atoms in total. The van der Waals surface area contributed by atoms with Gasteiger partial charge < -0.3 is 9.84 Å². The van der Waals surface area contributed by atoms with Crippen LogP contribution in [0.4, 0.5) is 4.39 Å². The van der Waals surface area contributed by atoms with Crippen molar-refractivity contribution in [2.75, 3.05) is 13.2 Å². The highest BCUT2D eigenvalue weighted by Crippen LogP contribution is 2.45. The molecule has 0 bridgehead atoms. The van der Waals surface area contributed by atoms with Gasteiger partial charge in [0.25, 0.3) is 0 Å².